The molecule has 1 heterocycles. The lowest BCUT2D eigenvalue weighted by Gasteiger charge is -2.04. The van der Waals surface area contributed by atoms with Gasteiger partial charge in [0.1, 0.15) is 0 Å². The SMILES string of the molecule is CSc1cc(C)c(CCO)cn1. The molecule has 0 unspecified atom stereocenters. The second-order valence-corrected chi connectivity index (χ2v) is 3.45. The summed E-state index contributed by atoms with van der Waals surface area (Å²) < 4.78 is 0. The fraction of sp³-hybridized carbons (Fsp3) is 0.444. The monoisotopic (exact) mass is 183 g/mol. The fourth-order valence-electron chi connectivity index (χ4n) is 1.05. The zero-order valence-corrected chi connectivity index (χ0v) is 8.19. The second-order valence-electron chi connectivity index (χ2n) is 2.63. The predicted octanol–water partition coefficient (Wildman–Crippen LogP) is 1.65. The van der Waals surface area contributed by atoms with Gasteiger partial charge in [-0.3, -0.25) is 0 Å². The van der Waals surface area contributed by atoms with Crippen molar-refractivity contribution in [2.75, 3.05) is 12.9 Å². The molecule has 0 aromatic carbocycles. The normalized spacial score (nSPS) is 10.2. The Labute approximate surface area is 77.0 Å². The molecule has 0 bridgehead atoms. The van der Waals surface area contributed by atoms with Gasteiger partial charge < -0.3 is 5.11 Å². The predicted molar refractivity (Wildman–Crippen MR) is 51.5 cm³/mol. The van der Waals surface area contributed by atoms with Crippen LogP contribution < -0.4 is 0 Å². The highest BCUT2D eigenvalue weighted by Gasteiger charge is 1.99. The Morgan fingerprint density at radius 3 is 2.83 bits per heavy atom. The van der Waals surface area contributed by atoms with E-state index >= 15 is 0 Å². The molecule has 12 heavy (non-hydrogen) atoms. The largest absolute Gasteiger partial charge is 0.396 e. The van der Waals surface area contributed by atoms with Crippen molar-refractivity contribution in [3.63, 3.8) is 0 Å². The fourth-order valence-corrected chi connectivity index (χ4v) is 1.51. The number of hydrogen-bond donors (Lipinski definition) is 1. The molecule has 1 aromatic rings. The highest BCUT2D eigenvalue weighted by Crippen LogP contribution is 2.15. The van der Waals surface area contributed by atoms with E-state index in [0.717, 1.165) is 10.6 Å². The van der Waals surface area contributed by atoms with Crippen LogP contribution in [0.15, 0.2) is 17.3 Å². The number of aryl methyl sites for hydroxylation is 1. The van der Waals surface area contributed by atoms with Crippen molar-refractivity contribution >= 4 is 11.8 Å². The second kappa shape index (κ2) is 4.48. The Hall–Kier alpha value is -0.540. The minimum Gasteiger partial charge on any atom is -0.396 e. The molecule has 0 saturated heterocycles. The Morgan fingerprint density at radius 1 is 1.58 bits per heavy atom. The first-order valence-corrected chi connectivity index (χ1v) is 5.10. The summed E-state index contributed by atoms with van der Waals surface area (Å²) in [7, 11) is 0. The molecule has 0 saturated carbocycles. The number of rotatable bonds is 3. The van der Waals surface area contributed by atoms with Gasteiger partial charge in [-0.05, 0) is 36.8 Å². The maximum Gasteiger partial charge on any atom is 0.0959 e. The number of aromatic nitrogens is 1. The van der Waals surface area contributed by atoms with Crippen LogP contribution in [0, 0.1) is 6.92 Å². The number of nitrogens with zero attached hydrogens (tertiary/aromatic N) is 1. The molecule has 0 atom stereocenters. The van der Waals surface area contributed by atoms with E-state index in [1.807, 2.05) is 19.4 Å². The molecule has 0 radical (unpaired) electrons. The standard InChI is InChI=1S/C9H13NOS/c1-7-5-9(12-2)10-6-8(7)3-4-11/h5-6,11H,3-4H2,1-2H3. The lowest BCUT2D eigenvalue weighted by atomic mass is 10.1. The van der Waals surface area contributed by atoms with Crippen molar-refractivity contribution < 1.29 is 5.11 Å². The minimum absolute atomic E-state index is 0.196. The minimum atomic E-state index is 0.196. The van der Waals surface area contributed by atoms with Crippen LogP contribution in [0.1, 0.15) is 11.1 Å². The Morgan fingerprint density at radius 2 is 2.33 bits per heavy atom. The third kappa shape index (κ3) is 2.22. The lowest BCUT2D eigenvalue weighted by molar-refractivity contribution is 0.299. The zero-order chi connectivity index (χ0) is 8.97. The van der Waals surface area contributed by atoms with Gasteiger partial charge in [-0.1, -0.05) is 0 Å². The molecule has 0 amide bonds. The van der Waals surface area contributed by atoms with Crippen molar-refractivity contribution in [3.05, 3.63) is 23.4 Å². The molecule has 1 N–H and O–H groups in total. The summed E-state index contributed by atoms with van der Waals surface area (Å²) in [4.78, 5) is 4.23. The quantitative estimate of drug-likeness (QED) is 0.723. The summed E-state index contributed by atoms with van der Waals surface area (Å²) in [6.07, 6.45) is 4.55. The van der Waals surface area contributed by atoms with Gasteiger partial charge >= 0.3 is 0 Å². The topological polar surface area (TPSA) is 33.1 Å². The summed E-state index contributed by atoms with van der Waals surface area (Å²) in [5, 5.41) is 9.77. The number of pyridine rings is 1. The third-order valence-electron chi connectivity index (χ3n) is 1.78. The first kappa shape index (κ1) is 9.55. The summed E-state index contributed by atoms with van der Waals surface area (Å²) in [6, 6.07) is 2.05. The molecule has 1 aromatic heterocycles. The van der Waals surface area contributed by atoms with E-state index in [0.29, 0.717) is 6.42 Å². The van der Waals surface area contributed by atoms with E-state index < -0.39 is 0 Å². The van der Waals surface area contributed by atoms with Crippen LogP contribution in [0.2, 0.25) is 0 Å². The third-order valence-corrected chi connectivity index (χ3v) is 2.43. The van der Waals surface area contributed by atoms with Gasteiger partial charge in [0.2, 0.25) is 0 Å². The summed E-state index contributed by atoms with van der Waals surface area (Å²) in [5.41, 5.74) is 2.35. The number of hydrogen-bond acceptors (Lipinski definition) is 3. The van der Waals surface area contributed by atoms with E-state index in [9.17, 15) is 0 Å². The van der Waals surface area contributed by atoms with Gasteiger partial charge in [0.25, 0.3) is 0 Å². The number of aliphatic hydroxyl groups excluding tert-OH is 1. The molecule has 0 aliphatic carbocycles. The molecule has 0 spiro atoms. The number of thioether (sulfide) groups is 1. The average Bonchev–Trinajstić information content (AvgIpc) is 2.09. The first-order valence-electron chi connectivity index (χ1n) is 3.88. The van der Waals surface area contributed by atoms with Crippen molar-refractivity contribution in [1.82, 2.24) is 4.98 Å². The van der Waals surface area contributed by atoms with Crippen LogP contribution in [-0.4, -0.2) is 23.0 Å². The van der Waals surface area contributed by atoms with E-state index in [1.165, 1.54) is 5.56 Å². The highest BCUT2D eigenvalue weighted by atomic mass is 32.2. The van der Waals surface area contributed by atoms with Crippen LogP contribution in [0.4, 0.5) is 0 Å². The Bertz CT molecular complexity index is 263. The van der Waals surface area contributed by atoms with E-state index in [2.05, 4.69) is 11.1 Å². The van der Waals surface area contributed by atoms with Gasteiger partial charge in [-0.2, -0.15) is 0 Å². The van der Waals surface area contributed by atoms with Crippen molar-refractivity contribution in [2.24, 2.45) is 0 Å². The highest BCUT2D eigenvalue weighted by molar-refractivity contribution is 7.98. The molecule has 0 aliphatic rings. The van der Waals surface area contributed by atoms with Crippen LogP contribution in [0.5, 0.6) is 0 Å². The number of aliphatic hydroxyl groups is 1. The van der Waals surface area contributed by atoms with Gasteiger partial charge in [0.05, 0.1) is 5.03 Å². The molecular weight excluding hydrogens is 170 g/mol. The average molecular weight is 183 g/mol. The zero-order valence-electron chi connectivity index (χ0n) is 7.37. The summed E-state index contributed by atoms with van der Waals surface area (Å²) in [6.45, 7) is 2.24. The molecule has 3 heteroatoms. The smallest absolute Gasteiger partial charge is 0.0959 e. The van der Waals surface area contributed by atoms with Crippen molar-refractivity contribution in [1.29, 1.82) is 0 Å². The van der Waals surface area contributed by atoms with Gasteiger partial charge in [-0.15, -0.1) is 11.8 Å². The van der Waals surface area contributed by atoms with Gasteiger partial charge in [0.15, 0.2) is 0 Å². The van der Waals surface area contributed by atoms with E-state index in [1.54, 1.807) is 11.8 Å². The maximum atomic E-state index is 8.74. The molecule has 0 fully saturated rings. The van der Waals surface area contributed by atoms with Gasteiger partial charge in [-0.25, -0.2) is 4.98 Å². The van der Waals surface area contributed by atoms with Crippen LogP contribution >= 0.6 is 11.8 Å². The van der Waals surface area contributed by atoms with Crippen molar-refractivity contribution in [3.8, 4) is 0 Å². The maximum absolute atomic E-state index is 8.74. The Kier molecular flexibility index (Phi) is 3.56. The Balaban J connectivity index is 2.87. The lowest BCUT2D eigenvalue weighted by Crippen LogP contribution is -1.95. The summed E-state index contributed by atoms with van der Waals surface area (Å²) >= 11 is 1.64. The molecule has 0 aliphatic heterocycles. The van der Waals surface area contributed by atoms with Crippen LogP contribution in [0.3, 0.4) is 0 Å². The van der Waals surface area contributed by atoms with Gasteiger partial charge in [0, 0.05) is 12.8 Å². The van der Waals surface area contributed by atoms with Crippen molar-refractivity contribution in [2.45, 2.75) is 18.4 Å². The summed E-state index contributed by atoms with van der Waals surface area (Å²) in [5.74, 6) is 0. The first-order chi connectivity index (χ1) is 5.77. The van der Waals surface area contributed by atoms with Crippen LogP contribution in [-0.2, 0) is 6.42 Å². The molecule has 66 valence electrons. The van der Waals surface area contributed by atoms with E-state index in [-0.39, 0.29) is 6.61 Å². The van der Waals surface area contributed by atoms with E-state index in [4.69, 9.17) is 5.11 Å². The van der Waals surface area contributed by atoms with Crippen LogP contribution in [0.25, 0.3) is 0 Å². The molecule has 1 rings (SSSR count). The molecule has 2 nitrogen and oxygen atoms in total. The molecular formula is C9H13NOS.